The van der Waals surface area contributed by atoms with E-state index in [9.17, 15) is 9.59 Å². The number of benzene rings is 1. The van der Waals surface area contributed by atoms with E-state index in [-0.39, 0.29) is 5.91 Å². The van der Waals surface area contributed by atoms with E-state index in [0.29, 0.717) is 34.0 Å². The highest BCUT2D eigenvalue weighted by atomic mass is 16.5. The van der Waals surface area contributed by atoms with Crippen molar-refractivity contribution >= 4 is 17.6 Å². The smallest absolute Gasteiger partial charge is 0.341 e. The van der Waals surface area contributed by atoms with E-state index in [2.05, 4.69) is 10.3 Å². The number of carbonyl (C=O) groups is 2. The molecule has 2 rings (SSSR count). The molecule has 0 aliphatic carbocycles. The number of hydrogen-bond donors (Lipinski definition) is 2. The van der Waals surface area contributed by atoms with Crippen LogP contribution in [-0.4, -0.2) is 35.7 Å². The van der Waals surface area contributed by atoms with Gasteiger partial charge in [-0.25, -0.2) is 9.78 Å². The maximum atomic E-state index is 12.5. The minimum absolute atomic E-state index is 0.318. The van der Waals surface area contributed by atoms with Crippen molar-refractivity contribution in [3.8, 4) is 11.6 Å². The molecule has 132 valence electrons. The first-order valence-electron chi connectivity index (χ1n) is 7.59. The number of carboxylic acid groups (broad SMARTS) is 1. The Hall–Kier alpha value is -3.09. The predicted octanol–water partition coefficient (Wildman–Crippen LogP) is 2.73. The number of anilines is 1. The molecule has 0 aliphatic rings. The summed E-state index contributed by atoms with van der Waals surface area (Å²) in [6, 6.07) is 5.07. The zero-order valence-electron chi connectivity index (χ0n) is 14.5. The lowest BCUT2D eigenvalue weighted by atomic mass is 10.0. The van der Waals surface area contributed by atoms with E-state index >= 15 is 0 Å². The second kappa shape index (κ2) is 7.65. The van der Waals surface area contributed by atoms with Crippen molar-refractivity contribution in [1.29, 1.82) is 0 Å². The van der Waals surface area contributed by atoms with Gasteiger partial charge in [-0.1, -0.05) is 0 Å². The number of nitrogens with one attached hydrogen (secondary N) is 1. The standard InChI is InChI=1S/C18H20N2O5/c1-10-5-14(18(24-4)19-8-10)20-17(23)13-6-11(2)16(12(3)7-13)25-9-15(21)22/h5-8H,9H2,1-4H3,(H,20,23)(H,21,22). The SMILES string of the molecule is COc1ncc(C)cc1NC(=O)c1cc(C)c(OCC(=O)O)c(C)c1. The van der Waals surface area contributed by atoms with Gasteiger partial charge < -0.3 is 19.9 Å². The summed E-state index contributed by atoms with van der Waals surface area (Å²) in [5.41, 5.74) is 3.16. The first kappa shape index (κ1) is 18.3. The normalized spacial score (nSPS) is 10.2. The lowest BCUT2D eigenvalue weighted by Gasteiger charge is -2.14. The van der Waals surface area contributed by atoms with Crippen LogP contribution in [0.1, 0.15) is 27.0 Å². The van der Waals surface area contributed by atoms with Crippen LogP contribution < -0.4 is 14.8 Å². The van der Waals surface area contributed by atoms with Crippen LogP contribution in [0.3, 0.4) is 0 Å². The number of ether oxygens (including phenoxy) is 2. The molecule has 0 aliphatic heterocycles. The molecule has 0 radical (unpaired) electrons. The van der Waals surface area contributed by atoms with Gasteiger partial charge in [-0.3, -0.25) is 4.79 Å². The van der Waals surface area contributed by atoms with Crippen LogP contribution in [0.15, 0.2) is 24.4 Å². The van der Waals surface area contributed by atoms with E-state index in [1.54, 1.807) is 38.2 Å². The number of aryl methyl sites for hydroxylation is 3. The summed E-state index contributed by atoms with van der Waals surface area (Å²) < 4.78 is 10.4. The Morgan fingerprint density at radius 2 is 1.80 bits per heavy atom. The Balaban J connectivity index is 2.25. The Morgan fingerprint density at radius 1 is 1.16 bits per heavy atom. The van der Waals surface area contributed by atoms with E-state index in [1.165, 1.54) is 7.11 Å². The Kier molecular flexibility index (Phi) is 5.59. The maximum Gasteiger partial charge on any atom is 0.341 e. The molecule has 0 spiro atoms. The summed E-state index contributed by atoms with van der Waals surface area (Å²) in [6.07, 6.45) is 1.65. The molecule has 1 aromatic carbocycles. The second-order valence-electron chi connectivity index (χ2n) is 5.65. The minimum Gasteiger partial charge on any atom is -0.481 e. The fraction of sp³-hybridized carbons (Fsp3) is 0.278. The van der Waals surface area contributed by atoms with Gasteiger partial charge in [-0.2, -0.15) is 0 Å². The molecule has 1 aromatic heterocycles. The van der Waals surface area contributed by atoms with E-state index in [1.807, 2.05) is 6.92 Å². The molecule has 2 aromatic rings. The maximum absolute atomic E-state index is 12.5. The molecular formula is C18H20N2O5. The summed E-state index contributed by atoms with van der Waals surface area (Å²) in [5.74, 6) is -0.580. The van der Waals surface area contributed by atoms with Gasteiger partial charge in [0.1, 0.15) is 11.4 Å². The average Bonchev–Trinajstić information content (AvgIpc) is 2.53. The van der Waals surface area contributed by atoms with Gasteiger partial charge >= 0.3 is 5.97 Å². The third-order valence-corrected chi connectivity index (χ3v) is 3.49. The summed E-state index contributed by atoms with van der Waals surface area (Å²) >= 11 is 0. The van der Waals surface area contributed by atoms with Crippen LogP contribution in [-0.2, 0) is 4.79 Å². The Morgan fingerprint density at radius 3 is 2.36 bits per heavy atom. The first-order chi connectivity index (χ1) is 11.8. The van der Waals surface area contributed by atoms with Crippen molar-refractivity contribution in [1.82, 2.24) is 4.98 Å². The first-order valence-corrected chi connectivity index (χ1v) is 7.59. The molecule has 0 saturated carbocycles. The number of rotatable bonds is 6. The molecule has 1 amide bonds. The number of amides is 1. The number of carbonyl (C=O) groups excluding carboxylic acids is 1. The van der Waals surface area contributed by atoms with Gasteiger partial charge in [0.25, 0.3) is 5.91 Å². The van der Waals surface area contributed by atoms with Crippen LogP contribution in [0.2, 0.25) is 0 Å². The number of pyridine rings is 1. The van der Waals surface area contributed by atoms with Crippen LogP contribution in [0.4, 0.5) is 5.69 Å². The topological polar surface area (TPSA) is 97.8 Å². The van der Waals surface area contributed by atoms with Crippen LogP contribution in [0.5, 0.6) is 11.6 Å². The van der Waals surface area contributed by atoms with Gasteiger partial charge in [0, 0.05) is 11.8 Å². The number of aliphatic carboxylic acids is 1. The lowest BCUT2D eigenvalue weighted by Crippen LogP contribution is -2.15. The monoisotopic (exact) mass is 344 g/mol. The van der Waals surface area contributed by atoms with Crippen molar-refractivity contribution in [3.63, 3.8) is 0 Å². The van der Waals surface area contributed by atoms with Crippen LogP contribution >= 0.6 is 0 Å². The molecule has 0 fully saturated rings. The molecule has 0 saturated heterocycles. The molecule has 25 heavy (non-hydrogen) atoms. The van der Waals surface area contributed by atoms with Gasteiger partial charge in [-0.05, 0) is 55.7 Å². The molecular weight excluding hydrogens is 324 g/mol. The van der Waals surface area contributed by atoms with E-state index in [4.69, 9.17) is 14.6 Å². The van der Waals surface area contributed by atoms with Crippen molar-refractivity contribution < 1.29 is 24.2 Å². The number of methoxy groups -OCH3 is 1. The summed E-state index contributed by atoms with van der Waals surface area (Å²) in [4.78, 5) is 27.3. The van der Waals surface area contributed by atoms with Crippen molar-refractivity contribution in [2.24, 2.45) is 0 Å². The van der Waals surface area contributed by atoms with Gasteiger partial charge in [0.05, 0.1) is 7.11 Å². The Bertz CT molecular complexity index is 794. The lowest BCUT2D eigenvalue weighted by molar-refractivity contribution is -0.139. The third kappa shape index (κ3) is 4.47. The van der Waals surface area contributed by atoms with Crippen molar-refractivity contribution in [2.45, 2.75) is 20.8 Å². The highest BCUT2D eigenvalue weighted by Crippen LogP contribution is 2.27. The second-order valence-corrected chi connectivity index (χ2v) is 5.65. The largest absolute Gasteiger partial charge is 0.481 e. The molecule has 0 bridgehead atoms. The molecule has 7 heteroatoms. The van der Waals surface area contributed by atoms with Gasteiger partial charge in [0.2, 0.25) is 5.88 Å². The molecule has 1 heterocycles. The fourth-order valence-electron chi connectivity index (χ4n) is 2.45. The fourth-order valence-corrected chi connectivity index (χ4v) is 2.45. The predicted molar refractivity (Wildman–Crippen MR) is 92.5 cm³/mol. The molecule has 0 unspecified atom stereocenters. The van der Waals surface area contributed by atoms with Crippen molar-refractivity contribution in [3.05, 3.63) is 46.6 Å². The van der Waals surface area contributed by atoms with Crippen molar-refractivity contribution in [2.75, 3.05) is 19.0 Å². The molecule has 0 atom stereocenters. The zero-order valence-corrected chi connectivity index (χ0v) is 14.5. The van der Waals surface area contributed by atoms with Crippen LogP contribution in [0.25, 0.3) is 0 Å². The summed E-state index contributed by atoms with van der Waals surface area (Å²) in [5, 5.41) is 11.5. The summed E-state index contributed by atoms with van der Waals surface area (Å²) in [7, 11) is 1.48. The highest BCUT2D eigenvalue weighted by Gasteiger charge is 2.15. The number of hydrogen-bond acceptors (Lipinski definition) is 5. The third-order valence-electron chi connectivity index (χ3n) is 3.49. The highest BCUT2D eigenvalue weighted by molar-refractivity contribution is 6.05. The zero-order chi connectivity index (χ0) is 18.6. The van der Waals surface area contributed by atoms with E-state index in [0.717, 1.165) is 5.56 Å². The number of nitrogens with zero attached hydrogens (tertiary/aromatic N) is 1. The van der Waals surface area contributed by atoms with Gasteiger partial charge in [0.15, 0.2) is 6.61 Å². The number of carboxylic acids is 1. The summed E-state index contributed by atoms with van der Waals surface area (Å²) in [6.45, 7) is 4.95. The van der Waals surface area contributed by atoms with Crippen LogP contribution in [0, 0.1) is 20.8 Å². The van der Waals surface area contributed by atoms with Gasteiger partial charge in [-0.15, -0.1) is 0 Å². The minimum atomic E-state index is -1.06. The quantitative estimate of drug-likeness (QED) is 0.836. The molecule has 7 nitrogen and oxygen atoms in total. The molecule has 2 N–H and O–H groups in total. The van der Waals surface area contributed by atoms with E-state index < -0.39 is 12.6 Å². The number of aromatic nitrogens is 1. The average molecular weight is 344 g/mol. The Labute approximate surface area is 145 Å².